The van der Waals surface area contributed by atoms with E-state index in [0.717, 1.165) is 49.4 Å². The molecule has 1 aliphatic rings. The number of H-pyrrole nitrogens is 1. The van der Waals surface area contributed by atoms with E-state index >= 15 is 0 Å². The molecule has 2 heterocycles. The van der Waals surface area contributed by atoms with Gasteiger partial charge in [0.25, 0.3) is 5.56 Å². The molecule has 0 amide bonds. The zero-order valence-electron chi connectivity index (χ0n) is 15.3. The molecule has 4 rings (SSSR count). The third-order valence-electron chi connectivity index (χ3n) is 4.93. The highest BCUT2D eigenvalue weighted by atomic mass is 16.5. The second-order valence-electron chi connectivity index (χ2n) is 6.90. The summed E-state index contributed by atoms with van der Waals surface area (Å²) in [4.78, 5) is 16.9. The molecule has 3 aromatic rings. The van der Waals surface area contributed by atoms with Crippen LogP contribution in [-0.4, -0.2) is 42.2 Å². The maximum absolute atomic E-state index is 11.8. The first-order valence-electron chi connectivity index (χ1n) is 9.46. The standard InChI is InChI=1S/C22H24N2O3/c25-22-21-9-8-19(15-17(21)10-11-23-22)27-20-7-4-12-24(16-20)13-14-26-18-5-2-1-3-6-18/h1-3,5-6,8-11,15,20H,4,7,12-14,16H2,(H,23,25). The Bertz CT molecular complexity index is 939. The van der Waals surface area contributed by atoms with Gasteiger partial charge in [-0.05, 0) is 61.2 Å². The van der Waals surface area contributed by atoms with Gasteiger partial charge < -0.3 is 14.5 Å². The van der Waals surface area contributed by atoms with Gasteiger partial charge in [0.1, 0.15) is 24.2 Å². The number of ether oxygens (including phenoxy) is 2. The van der Waals surface area contributed by atoms with Crippen LogP contribution in [0, 0.1) is 0 Å². The number of aromatic amines is 1. The molecule has 1 N–H and O–H groups in total. The average molecular weight is 364 g/mol. The normalized spacial score (nSPS) is 17.7. The number of para-hydroxylation sites is 1. The van der Waals surface area contributed by atoms with Crippen LogP contribution in [0.25, 0.3) is 10.8 Å². The summed E-state index contributed by atoms with van der Waals surface area (Å²) in [5.41, 5.74) is -0.0682. The first-order valence-corrected chi connectivity index (χ1v) is 9.46. The van der Waals surface area contributed by atoms with Crippen molar-refractivity contribution in [2.45, 2.75) is 18.9 Å². The Morgan fingerprint density at radius 1 is 1.07 bits per heavy atom. The fourth-order valence-corrected chi connectivity index (χ4v) is 3.56. The van der Waals surface area contributed by atoms with Crippen molar-refractivity contribution in [1.82, 2.24) is 9.88 Å². The summed E-state index contributed by atoms with van der Waals surface area (Å²) < 4.78 is 12.0. The van der Waals surface area contributed by atoms with Crippen molar-refractivity contribution in [1.29, 1.82) is 0 Å². The molecule has 1 aliphatic heterocycles. The Labute approximate surface area is 158 Å². The van der Waals surface area contributed by atoms with Gasteiger partial charge in [0.05, 0.1) is 0 Å². The smallest absolute Gasteiger partial charge is 0.255 e. The number of piperidine rings is 1. The molecule has 5 nitrogen and oxygen atoms in total. The van der Waals surface area contributed by atoms with Crippen LogP contribution in [0.5, 0.6) is 11.5 Å². The summed E-state index contributed by atoms with van der Waals surface area (Å²) >= 11 is 0. The number of benzene rings is 2. The summed E-state index contributed by atoms with van der Waals surface area (Å²) in [7, 11) is 0. The number of likely N-dealkylation sites (tertiary alicyclic amines) is 1. The number of nitrogens with zero attached hydrogens (tertiary/aromatic N) is 1. The maximum atomic E-state index is 11.8. The van der Waals surface area contributed by atoms with Gasteiger partial charge in [0.15, 0.2) is 0 Å². The highest BCUT2D eigenvalue weighted by Gasteiger charge is 2.21. The summed E-state index contributed by atoms with van der Waals surface area (Å²) in [6.45, 7) is 3.54. The molecule has 1 fully saturated rings. The van der Waals surface area contributed by atoms with Gasteiger partial charge in [0, 0.05) is 24.7 Å². The Hall–Kier alpha value is -2.79. The third kappa shape index (κ3) is 4.49. The Kier molecular flexibility index (Phi) is 5.39. The molecule has 1 aromatic heterocycles. The van der Waals surface area contributed by atoms with Gasteiger partial charge in [-0.3, -0.25) is 9.69 Å². The molecule has 0 bridgehead atoms. The molecule has 0 spiro atoms. The molecule has 2 aromatic carbocycles. The topological polar surface area (TPSA) is 54.6 Å². The quantitative estimate of drug-likeness (QED) is 0.728. The highest BCUT2D eigenvalue weighted by molar-refractivity contribution is 5.82. The lowest BCUT2D eigenvalue weighted by atomic mass is 10.1. The summed E-state index contributed by atoms with van der Waals surface area (Å²) in [5, 5.41) is 1.59. The van der Waals surface area contributed by atoms with Crippen molar-refractivity contribution in [2.24, 2.45) is 0 Å². The van der Waals surface area contributed by atoms with Gasteiger partial charge in [-0.25, -0.2) is 0 Å². The molecule has 0 radical (unpaired) electrons. The predicted molar refractivity (Wildman–Crippen MR) is 107 cm³/mol. The van der Waals surface area contributed by atoms with Crippen LogP contribution in [0.1, 0.15) is 12.8 Å². The van der Waals surface area contributed by atoms with Crippen LogP contribution in [-0.2, 0) is 0 Å². The number of aromatic nitrogens is 1. The minimum atomic E-state index is -0.0682. The van der Waals surface area contributed by atoms with Crippen molar-refractivity contribution in [2.75, 3.05) is 26.2 Å². The van der Waals surface area contributed by atoms with E-state index in [-0.39, 0.29) is 11.7 Å². The van der Waals surface area contributed by atoms with E-state index in [1.54, 1.807) is 6.20 Å². The van der Waals surface area contributed by atoms with Crippen LogP contribution >= 0.6 is 0 Å². The summed E-state index contributed by atoms with van der Waals surface area (Å²) in [5.74, 6) is 1.73. The van der Waals surface area contributed by atoms with Gasteiger partial charge >= 0.3 is 0 Å². The fourth-order valence-electron chi connectivity index (χ4n) is 3.56. The number of fused-ring (bicyclic) bond motifs is 1. The molecular formula is C22H24N2O3. The number of pyridine rings is 1. The van der Waals surface area contributed by atoms with Gasteiger partial charge in [-0.2, -0.15) is 0 Å². The molecule has 140 valence electrons. The van der Waals surface area contributed by atoms with E-state index in [0.29, 0.717) is 12.0 Å². The van der Waals surface area contributed by atoms with Crippen molar-refractivity contribution in [3.05, 3.63) is 71.1 Å². The number of hydrogen-bond acceptors (Lipinski definition) is 4. The first-order chi connectivity index (χ1) is 13.3. The molecule has 0 saturated carbocycles. The van der Waals surface area contributed by atoms with Crippen LogP contribution in [0.4, 0.5) is 0 Å². The highest BCUT2D eigenvalue weighted by Crippen LogP contribution is 2.22. The minimum Gasteiger partial charge on any atom is -0.492 e. The minimum absolute atomic E-state index is 0.0682. The Morgan fingerprint density at radius 2 is 1.96 bits per heavy atom. The number of hydrogen-bond donors (Lipinski definition) is 1. The second kappa shape index (κ2) is 8.27. The lowest BCUT2D eigenvalue weighted by Gasteiger charge is -2.32. The van der Waals surface area contributed by atoms with E-state index in [9.17, 15) is 4.79 Å². The summed E-state index contributed by atoms with van der Waals surface area (Å²) in [6, 6.07) is 17.5. The van der Waals surface area contributed by atoms with E-state index in [1.807, 2.05) is 54.6 Å². The van der Waals surface area contributed by atoms with Crippen molar-refractivity contribution < 1.29 is 9.47 Å². The largest absolute Gasteiger partial charge is 0.492 e. The molecule has 1 unspecified atom stereocenters. The zero-order valence-corrected chi connectivity index (χ0v) is 15.3. The van der Waals surface area contributed by atoms with Crippen LogP contribution in [0.2, 0.25) is 0 Å². The fraction of sp³-hybridized carbons (Fsp3) is 0.318. The van der Waals surface area contributed by atoms with Gasteiger partial charge in [0.2, 0.25) is 0 Å². The molecule has 1 atom stereocenters. The van der Waals surface area contributed by atoms with E-state index in [2.05, 4.69) is 9.88 Å². The lowest BCUT2D eigenvalue weighted by Crippen LogP contribution is -2.42. The number of rotatable bonds is 6. The van der Waals surface area contributed by atoms with Crippen LogP contribution in [0.3, 0.4) is 0 Å². The average Bonchev–Trinajstić information content (AvgIpc) is 2.69. The van der Waals surface area contributed by atoms with Crippen molar-refractivity contribution in [3.8, 4) is 11.5 Å². The monoisotopic (exact) mass is 364 g/mol. The van der Waals surface area contributed by atoms with E-state index < -0.39 is 0 Å². The van der Waals surface area contributed by atoms with Crippen molar-refractivity contribution >= 4 is 10.8 Å². The Morgan fingerprint density at radius 3 is 2.85 bits per heavy atom. The maximum Gasteiger partial charge on any atom is 0.255 e. The van der Waals surface area contributed by atoms with E-state index in [4.69, 9.17) is 9.47 Å². The van der Waals surface area contributed by atoms with Crippen LogP contribution < -0.4 is 15.0 Å². The molecule has 0 aliphatic carbocycles. The Balaban J connectivity index is 1.32. The lowest BCUT2D eigenvalue weighted by molar-refractivity contribution is 0.0795. The number of nitrogens with one attached hydrogen (secondary N) is 1. The summed E-state index contributed by atoms with van der Waals surface area (Å²) in [6.07, 6.45) is 3.99. The molecule has 1 saturated heterocycles. The van der Waals surface area contributed by atoms with Crippen LogP contribution in [0.15, 0.2) is 65.6 Å². The molecule has 5 heteroatoms. The zero-order chi connectivity index (χ0) is 18.5. The SMILES string of the molecule is O=c1[nH]ccc2cc(OC3CCCN(CCOc4ccccc4)C3)ccc12. The van der Waals surface area contributed by atoms with Gasteiger partial charge in [-0.1, -0.05) is 18.2 Å². The predicted octanol–water partition coefficient (Wildman–Crippen LogP) is 3.45. The van der Waals surface area contributed by atoms with E-state index in [1.165, 1.54) is 0 Å². The molecular weight excluding hydrogens is 340 g/mol. The third-order valence-corrected chi connectivity index (χ3v) is 4.93. The van der Waals surface area contributed by atoms with Gasteiger partial charge in [-0.15, -0.1) is 0 Å². The second-order valence-corrected chi connectivity index (χ2v) is 6.90. The first kappa shape index (κ1) is 17.6. The van der Waals surface area contributed by atoms with Crippen molar-refractivity contribution in [3.63, 3.8) is 0 Å². The molecule has 27 heavy (non-hydrogen) atoms.